The zero-order valence-electron chi connectivity index (χ0n) is 8.59. The van der Waals surface area contributed by atoms with Gasteiger partial charge < -0.3 is 10.8 Å². The second-order valence-electron chi connectivity index (χ2n) is 4.40. The van der Waals surface area contributed by atoms with Gasteiger partial charge in [0.05, 0.1) is 4.88 Å². The first kappa shape index (κ1) is 10.5. The molecule has 0 saturated carbocycles. The molecule has 0 spiro atoms. The average molecular weight is 199 g/mol. The van der Waals surface area contributed by atoms with Crippen LogP contribution in [0.25, 0.3) is 0 Å². The molecule has 0 amide bonds. The molecular formula is C10H17NOS. The third-order valence-corrected chi connectivity index (χ3v) is 3.64. The predicted octanol–water partition coefficient (Wildman–Crippen LogP) is 2.77. The third kappa shape index (κ3) is 2.23. The molecule has 1 heterocycles. The first-order valence-electron chi connectivity index (χ1n) is 4.41. The fraction of sp³-hybridized carbons (Fsp3) is 0.600. The van der Waals surface area contributed by atoms with E-state index in [2.05, 4.69) is 20.8 Å². The van der Waals surface area contributed by atoms with Crippen molar-refractivity contribution in [3.8, 4) is 5.75 Å². The van der Waals surface area contributed by atoms with Gasteiger partial charge in [-0.25, -0.2) is 0 Å². The molecule has 3 heteroatoms. The Morgan fingerprint density at radius 3 is 2.23 bits per heavy atom. The third-order valence-electron chi connectivity index (χ3n) is 1.89. The number of aromatic hydroxyl groups is 1. The fourth-order valence-electron chi connectivity index (χ4n) is 1.09. The molecule has 0 aromatic carbocycles. The van der Waals surface area contributed by atoms with Gasteiger partial charge in [0.1, 0.15) is 5.75 Å². The maximum Gasteiger partial charge on any atom is 0.131 e. The summed E-state index contributed by atoms with van der Waals surface area (Å²) >= 11 is 1.60. The first-order valence-corrected chi connectivity index (χ1v) is 5.23. The van der Waals surface area contributed by atoms with Crippen LogP contribution in [0.2, 0.25) is 0 Å². The molecule has 0 aliphatic rings. The number of nitrogens with two attached hydrogens (primary N) is 1. The summed E-state index contributed by atoms with van der Waals surface area (Å²) in [4.78, 5) is 2.06. The van der Waals surface area contributed by atoms with Crippen molar-refractivity contribution < 1.29 is 5.11 Å². The summed E-state index contributed by atoms with van der Waals surface area (Å²) in [6.07, 6.45) is 0. The molecule has 1 rings (SSSR count). The van der Waals surface area contributed by atoms with E-state index in [9.17, 15) is 5.11 Å². The molecule has 13 heavy (non-hydrogen) atoms. The lowest BCUT2D eigenvalue weighted by Gasteiger charge is -2.15. The van der Waals surface area contributed by atoms with E-state index in [4.69, 9.17) is 5.73 Å². The normalized spacial score (nSPS) is 14.5. The molecular weight excluding hydrogens is 182 g/mol. The van der Waals surface area contributed by atoms with E-state index in [1.807, 2.05) is 13.0 Å². The fourth-order valence-corrected chi connectivity index (χ4v) is 2.15. The molecule has 1 aromatic heterocycles. The molecule has 74 valence electrons. The van der Waals surface area contributed by atoms with Crippen LogP contribution in [0.3, 0.4) is 0 Å². The van der Waals surface area contributed by atoms with Crippen molar-refractivity contribution in [2.24, 2.45) is 5.73 Å². The molecule has 0 aliphatic carbocycles. The predicted molar refractivity (Wildman–Crippen MR) is 57.3 cm³/mol. The smallest absolute Gasteiger partial charge is 0.131 e. The number of hydrogen-bond donors (Lipinski definition) is 2. The van der Waals surface area contributed by atoms with Crippen molar-refractivity contribution in [2.75, 3.05) is 0 Å². The van der Waals surface area contributed by atoms with Crippen molar-refractivity contribution in [3.63, 3.8) is 0 Å². The Labute approximate surface area is 83.4 Å². The molecule has 0 radical (unpaired) electrons. The topological polar surface area (TPSA) is 46.2 Å². The molecule has 1 atom stereocenters. The first-order chi connectivity index (χ1) is 5.82. The highest BCUT2D eigenvalue weighted by molar-refractivity contribution is 7.12. The van der Waals surface area contributed by atoms with E-state index in [1.165, 1.54) is 4.88 Å². The molecule has 0 bridgehead atoms. The van der Waals surface area contributed by atoms with Crippen LogP contribution in [0, 0.1) is 0 Å². The van der Waals surface area contributed by atoms with Crippen molar-refractivity contribution in [3.05, 3.63) is 15.8 Å². The van der Waals surface area contributed by atoms with Crippen molar-refractivity contribution in [2.45, 2.75) is 39.2 Å². The molecule has 1 aromatic rings. The van der Waals surface area contributed by atoms with Crippen LogP contribution in [-0.4, -0.2) is 5.11 Å². The lowest BCUT2D eigenvalue weighted by molar-refractivity contribution is 0.466. The Bertz CT molecular complexity index is 296. The Morgan fingerprint density at radius 2 is 2.00 bits per heavy atom. The second-order valence-corrected chi connectivity index (χ2v) is 5.48. The molecule has 1 unspecified atom stereocenters. The van der Waals surface area contributed by atoms with Crippen LogP contribution in [0.4, 0.5) is 0 Å². The van der Waals surface area contributed by atoms with Gasteiger partial charge in [-0.1, -0.05) is 20.8 Å². The summed E-state index contributed by atoms with van der Waals surface area (Å²) in [5, 5.41) is 9.60. The summed E-state index contributed by atoms with van der Waals surface area (Å²) in [5.74, 6) is 0.338. The van der Waals surface area contributed by atoms with Crippen LogP contribution in [-0.2, 0) is 5.41 Å². The lowest BCUT2D eigenvalue weighted by Crippen LogP contribution is -2.08. The van der Waals surface area contributed by atoms with E-state index in [1.54, 1.807) is 11.3 Å². The number of rotatable bonds is 1. The van der Waals surface area contributed by atoms with E-state index in [0.717, 1.165) is 4.88 Å². The van der Waals surface area contributed by atoms with Gasteiger partial charge in [0.25, 0.3) is 0 Å². The van der Waals surface area contributed by atoms with Crippen LogP contribution < -0.4 is 5.73 Å². The van der Waals surface area contributed by atoms with Gasteiger partial charge >= 0.3 is 0 Å². The van der Waals surface area contributed by atoms with Gasteiger partial charge in [-0.15, -0.1) is 11.3 Å². The average Bonchev–Trinajstić information content (AvgIpc) is 2.29. The van der Waals surface area contributed by atoms with Gasteiger partial charge in [-0.05, 0) is 18.4 Å². The highest BCUT2D eigenvalue weighted by Crippen LogP contribution is 2.38. The van der Waals surface area contributed by atoms with Gasteiger partial charge in [0.15, 0.2) is 0 Å². The summed E-state index contributed by atoms with van der Waals surface area (Å²) in [5.41, 5.74) is 5.81. The highest BCUT2D eigenvalue weighted by Gasteiger charge is 2.20. The molecule has 2 nitrogen and oxygen atoms in total. The van der Waals surface area contributed by atoms with E-state index in [-0.39, 0.29) is 11.5 Å². The maximum atomic E-state index is 9.60. The molecule has 3 N–H and O–H groups in total. The van der Waals surface area contributed by atoms with Crippen molar-refractivity contribution in [1.29, 1.82) is 0 Å². The summed E-state index contributed by atoms with van der Waals surface area (Å²) in [7, 11) is 0. The minimum absolute atomic E-state index is 0.0823. The Morgan fingerprint density at radius 1 is 1.46 bits per heavy atom. The number of hydrogen-bond acceptors (Lipinski definition) is 3. The van der Waals surface area contributed by atoms with E-state index >= 15 is 0 Å². The minimum Gasteiger partial charge on any atom is -0.507 e. The standard InChI is InChI=1S/C10H17NOS/c1-6(11)9-7(12)5-8(13-9)10(2,3)4/h5-6,12H,11H2,1-4H3. The number of thiophene rings is 1. The van der Waals surface area contributed by atoms with Crippen molar-refractivity contribution in [1.82, 2.24) is 0 Å². The Hall–Kier alpha value is -0.540. The quantitative estimate of drug-likeness (QED) is 0.730. The molecule has 0 aliphatic heterocycles. The van der Waals surface area contributed by atoms with E-state index < -0.39 is 0 Å². The van der Waals surface area contributed by atoms with Crippen LogP contribution >= 0.6 is 11.3 Å². The van der Waals surface area contributed by atoms with E-state index in [0.29, 0.717) is 5.75 Å². The minimum atomic E-state index is -0.0823. The van der Waals surface area contributed by atoms with Crippen LogP contribution in [0.5, 0.6) is 5.75 Å². The summed E-state index contributed by atoms with van der Waals surface area (Å²) in [6.45, 7) is 8.27. The van der Waals surface area contributed by atoms with Crippen molar-refractivity contribution >= 4 is 11.3 Å². The van der Waals surface area contributed by atoms with Crippen LogP contribution in [0.15, 0.2) is 6.07 Å². The van der Waals surface area contributed by atoms with Crippen LogP contribution in [0.1, 0.15) is 43.5 Å². The molecule has 0 fully saturated rings. The largest absolute Gasteiger partial charge is 0.507 e. The molecule has 0 saturated heterocycles. The second kappa shape index (κ2) is 3.31. The Balaban J connectivity index is 3.10. The van der Waals surface area contributed by atoms with Gasteiger partial charge in [0.2, 0.25) is 0 Å². The van der Waals surface area contributed by atoms with Gasteiger partial charge in [-0.2, -0.15) is 0 Å². The maximum absolute atomic E-state index is 9.60. The highest BCUT2D eigenvalue weighted by atomic mass is 32.1. The lowest BCUT2D eigenvalue weighted by atomic mass is 9.95. The SMILES string of the molecule is CC(N)c1sc(C(C)(C)C)cc1O. The zero-order valence-corrected chi connectivity index (χ0v) is 9.40. The zero-order chi connectivity index (χ0) is 10.2. The summed E-state index contributed by atoms with van der Waals surface area (Å²) in [6, 6.07) is 1.74. The van der Waals surface area contributed by atoms with Gasteiger partial charge in [-0.3, -0.25) is 0 Å². The summed E-state index contributed by atoms with van der Waals surface area (Å²) < 4.78 is 0. The Kier molecular flexibility index (Phi) is 2.68. The van der Waals surface area contributed by atoms with Gasteiger partial charge in [0, 0.05) is 10.9 Å². The monoisotopic (exact) mass is 199 g/mol.